The van der Waals surface area contributed by atoms with Crippen molar-refractivity contribution in [2.45, 2.75) is 83.2 Å². The highest BCUT2D eigenvalue weighted by Gasteiger charge is 2.43. The molecule has 0 radical (unpaired) electrons. The minimum atomic E-state index is -0.421. The van der Waals surface area contributed by atoms with E-state index in [1.54, 1.807) is 6.07 Å². The number of nitrogens with zero attached hydrogens (tertiary/aromatic N) is 2. The van der Waals surface area contributed by atoms with Crippen LogP contribution in [0.25, 0.3) is 0 Å². The third kappa shape index (κ3) is 4.64. The lowest BCUT2D eigenvalue weighted by atomic mass is 9.79. The topological polar surface area (TPSA) is 78.7 Å². The van der Waals surface area contributed by atoms with E-state index in [0.717, 1.165) is 81.0 Å². The van der Waals surface area contributed by atoms with Gasteiger partial charge in [0.2, 0.25) is 11.8 Å². The monoisotopic (exact) mass is 466 g/mol. The van der Waals surface area contributed by atoms with Gasteiger partial charge in [-0.15, -0.1) is 0 Å². The molecule has 6 heteroatoms. The maximum atomic E-state index is 13.8. The summed E-state index contributed by atoms with van der Waals surface area (Å²) >= 11 is 0. The third-order valence-corrected chi connectivity index (χ3v) is 9.28. The van der Waals surface area contributed by atoms with E-state index in [-0.39, 0.29) is 17.9 Å². The number of rotatable bonds is 6. The van der Waals surface area contributed by atoms with Crippen molar-refractivity contribution in [3.05, 3.63) is 29.3 Å². The highest BCUT2D eigenvalue weighted by atomic mass is 16.2. The van der Waals surface area contributed by atoms with Crippen LogP contribution in [-0.4, -0.2) is 55.0 Å². The number of piperidine rings is 1. The van der Waals surface area contributed by atoms with Gasteiger partial charge in [0.05, 0.1) is 5.92 Å². The fourth-order valence-corrected chi connectivity index (χ4v) is 7.12. The van der Waals surface area contributed by atoms with Crippen molar-refractivity contribution in [1.82, 2.24) is 10.2 Å². The highest BCUT2D eigenvalue weighted by molar-refractivity contribution is 6.06. The second kappa shape index (κ2) is 9.98. The first kappa shape index (κ1) is 23.8. The summed E-state index contributed by atoms with van der Waals surface area (Å²) in [5.41, 5.74) is 8.13. The summed E-state index contributed by atoms with van der Waals surface area (Å²) in [7, 11) is 0. The van der Waals surface area contributed by atoms with E-state index in [1.165, 1.54) is 25.7 Å². The Bertz CT molecular complexity index is 894. The van der Waals surface area contributed by atoms with E-state index in [1.807, 2.05) is 12.1 Å². The SMILES string of the molecule is CC(C)[C@H]1CC[C@@H](N2CCC(N3C(=O)C(CC4CCNC4)c4cc(C(N)=O)ccc43)CC2)CC1. The molecule has 0 spiro atoms. The molecule has 2 atom stereocenters. The molecule has 4 aliphatic rings. The minimum absolute atomic E-state index is 0.149. The van der Waals surface area contributed by atoms with Crippen LogP contribution in [0.2, 0.25) is 0 Å². The van der Waals surface area contributed by atoms with Crippen molar-refractivity contribution in [1.29, 1.82) is 0 Å². The Hall–Kier alpha value is -1.92. The van der Waals surface area contributed by atoms with Gasteiger partial charge in [0.15, 0.2) is 0 Å². The van der Waals surface area contributed by atoms with Crippen molar-refractivity contribution >= 4 is 17.5 Å². The molecule has 186 valence electrons. The molecule has 1 aliphatic carbocycles. The molecule has 0 aromatic heterocycles. The minimum Gasteiger partial charge on any atom is -0.366 e. The fraction of sp³-hybridized carbons (Fsp3) is 0.714. The van der Waals surface area contributed by atoms with Gasteiger partial charge in [-0.05, 0) is 106 Å². The molecule has 2 saturated heterocycles. The number of benzene rings is 1. The standard InChI is InChI=1S/C28H42N4O2/c1-18(2)20-3-6-22(7-4-20)31-13-10-23(11-14-31)32-26-8-5-21(27(29)33)16-24(26)25(28(32)34)15-19-9-12-30-17-19/h5,8,16,18-20,22-23,25,30H,3-4,6-7,9-15,17H2,1-2H3,(H2,29,33)/t19?,20-,22+,25?. The average Bonchev–Trinajstić information content (AvgIpc) is 3.45. The van der Waals surface area contributed by atoms with Crippen LogP contribution in [0.15, 0.2) is 18.2 Å². The second-order valence-electron chi connectivity index (χ2n) is 11.6. The number of nitrogens with two attached hydrogens (primary N) is 1. The summed E-state index contributed by atoms with van der Waals surface area (Å²) in [4.78, 5) is 30.5. The van der Waals surface area contributed by atoms with Crippen LogP contribution in [0.5, 0.6) is 0 Å². The number of fused-ring (bicyclic) bond motifs is 1. The largest absolute Gasteiger partial charge is 0.366 e. The van der Waals surface area contributed by atoms with E-state index in [2.05, 4.69) is 29.0 Å². The molecule has 34 heavy (non-hydrogen) atoms. The van der Waals surface area contributed by atoms with E-state index in [0.29, 0.717) is 11.5 Å². The molecule has 3 N–H and O–H groups in total. The van der Waals surface area contributed by atoms with Gasteiger partial charge >= 0.3 is 0 Å². The van der Waals surface area contributed by atoms with Gasteiger partial charge in [-0.3, -0.25) is 9.59 Å². The Labute approximate surface area is 204 Å². The number of likely N-dealkylation sites (tertiary alicyclic amines) is 1. The van der Waals surface area contributed by atoms with Crippen molar-refractivity contribution in [2.24, 2.45) is 23.5 Å². The smallest absolute Gasteiger partial charge is 0.248 e. The molecular formula is C28H42N4O2. The highest BCUT2D eigenvalue weighted by Crippen LogP contribution is 2.44. The van der Waals surface area contributed by atoms with Crippen LogP contribution in [0.4, 0.5) is 5.69 Å². The van der Waals surface area contributed by atoms with Crippen LogP contribution in [0.3, 0.4) is 0 Å². The molecule has 3 heterocycles. The zero-order chi connectivity index (χ0) is 23.8. The van der Waals surface area contributed by atoms with E-state index >= 15 is 0 Å². The molecule has 1 aromatic carbocycles. The predicted molar refractivity (Wildman–Crippen MR) is 136 cm³/mol. The zero-order valence-electron chi connectivity index (χ0n) is 21.0. The van der Waals surface area contributed by atoms with Crippen molar-refractivity contribution in [3.8, 4) is 0 Å². The number of carbonyl (C=O) groups excluding carboxylic acids is 2. The summed E-state index contributed by atoms with van der Waals surface area (Å²) in [5.74, 6) is 1.88. The summed E-state index contributed by atoms with van der Waals surface area (Å²) < 4.78 is 0. The normalized spacial score (nSPS) is 30.8. The van der Waals surface area contributed by atoms with Crippen LogP contribution < -0.4 is 16.0 Å². The molecule has 0 bridgehead atoms. The number of primary amides is 1. The number of nitrogens with one attached hydrogen (secondary N) is 1. The van der Waals surface area contributed by atoms with Crippen LogP contribution >= 0.6 is 0 Å². The third-order valence-electron chi connectivity index (χ3n) is 9.28. The summed E-state index contributed by atoms with van der Waals surface area (Å²) in [6, 6.07) is 6.63. The van der Waals surface area contributed by atoms with Gasteiger partial charge in [-0.2, -0.15) is 0 Å². The van der Waals surface area contributed by atoms with Gasteiger partial charge < -0.3 is 20.9 Å². The van der Waals surface area contributed by atoms with Gasteiger partial charge in [0, 0.05) is 36.4 Å². The zero-order valence-corrected chi connectivity index (χ0v) is 21.0. The lowest BCUT2D eigenvalue weighted by Crippen LogP contribution is -2.50. The molecule has 5 rings (SSSR count). The van der Waals surface area contributed by atoms with E-state index < -0.39 is 5.91 Å². The maximum absolute atomic E-state index is 13.8. The molecule has 2 unspecified atom stereocenters. The number of hydrogen-bond acceptors (Lipinski definition) is 4. The fourth-order valence-electron chi connectivity index (χ4n) is 7.12. The Balaban J connectivity index is 1.28. The van der Waals surface area contributed by atoms with Gasteiger partial charge in [-0.25, -0.2) is 0 Å². The molecule has 1 saturated carbocycles. The lowest BCUT2D eigenvalue weighted by Gasteiger charge is -2.43. The molecule has 1 aromatic rings. The lowest BCUT2D eigenvalue weighted by molar-refractivity contribution is -0.120. The Morgan fingerprint density at radius 1 is 1.06 bits per heavy atom. The summed E-state index contributed by atoms with van der Waals surface area (Å²) in [5, 5.41) is 3.43. The van der Waals surface area contributed by atoms with Gasteiger partial charge in [0.25, 0.3) is 0 Å². The van der Waals surface area contributed by atoms with Gasteiger partial charge in [0.1, 0.15) is 0 Å². The molecule has 3 fully saturated rings. The van der Waals surface area contributed by atoms with Gasteiger partial charge in [-0.1, -0.05) is 13.8 Å². The van der Waals surface area contributed by atoms with Crippen molar-refractivity contribution in [2.75, 3.05) is 31.1 Å². The summed E-state index contributed by atoms with van der Waals surface area (Å²) in [6.45, 7) is 8.90. The maximum Gasteiger partial charge on any atom is 0.248 e. The van der Waals surface area contributed by atoms with Crippen LogP contribution in [0.1, 0.15) is 87.1 Å². The Morgan fingerprint density at radius 3 is 2.41 bits per heavy atom. The van der Waals surface area contributed by atoms with E-state index in [4.69, 9.17) is 5.73 Å². The quantitative estimate of drug-likeness (QED) is 0.667. The van der Waals surface area contributed by atoms with Crippen molar-refractivity contribution in [3.63, 3.8) is 0 Å². The second-order valence-corrected chi connectivity index (χ2v) is 11.6. The van der Waals surface area contributed by atoms with Crippen molar-refractivity contribution < 1.29 is 9.59 Å². The summed E-state index contributed by atoms with van der Waals surface area (Å²) in [6.07, 6.45) is 9.41. The average molecular weight is 467 g/mol. The molecule has 6 nitrogen and oxygen atoms in total. The first-order valence-electron chi connectivity index (χ1n) is 13.6. The first-order valence-corrected chi connectivity index (χ1v) is 13.6. The molecular weight excluding hydrogens is 424 g/mol. The molecule has 3 aliphatic heterocycles. The van der Waals surface area contributed by atoms with E-state index in [9.17, 15) is 9.59 Å². The number of amides is 2. The Morgan fingerprint density at radius 2 is 1.79 bits per heavy atom. The van der Waals surface area contributed by atoms with Crippen LogP contribution in [-0.2, 0) is 4.79 Å². The first-order chi connectivity index (χ1) is 16.4. The predicted octanol–water partition coefficient (Wildman–Crippen LogP) is 3.89. The number of hydrogen-bond donors (Lipinski definition) is 2. The number of carbonyl (C=O) groups is 2. The Kier molecular flexibility index (Phi) is 6.99. The van der Waals surface area contributed by atoms with Crippen LogP contribution in [0, 0.1) is 17.8 Å². The number of anilines is 1. The molecule has 2 amide bonds.